The molecule has 1 aromatic heterocycles. The molecule has 14 heavy (non-hydrogen) atoms. The molecule has 1 fully saturated rings. The van der Waals surface area contributed by atoms with Gasteiger partial charge in [0.25, 0.3) is 0 Å². The van der Waals surface area contributed by atoms with Gasteiger partial charge in [0.1, 0.15) is 11.0 Å². The lowest BCUT2D eigenvalue weighted by molar-refractivity contribution is 0.428. The summed E-state index contributed by atoms with van der Waals surface area (Å²) in [5.74, 6) is 1.50. The first kappa shape index (κ1) is 9.91. The van der Waals surface area contributed by atoms with Gasteiger partial charge in [0.2, 0.25) is 0 Å². The SMILES string of the molecule is Cc1cc(Cl)nc(C2CCCCC2)n1. The van der Waals surface area contributed by atoms with Crippen LogP contribution in [-0.2, 0) is 0 Å². The van der Waals surface area contributed by atoms with E-state index in [0.29, 0.717) is 11.1 Å². The highest BCUT2D eigenvalue weighted by atomic mass is 35.5. The van der Waals surface area contributed by atoms with Crippen LogP contribution in [0.1, 0.15) is 49.5 Å². The maximum absolute atomic E-state index is 5.92. The van der Waals surface area contributed by atoms with Crippen LogP contribution in [0.15, 0.2) is 6.07 Å². The van der Waals surface area contributed by atoms with Crippen molar-refractivity contribution in [2.75, 3.05) is 0 Å². The maximum atomic E-state index is 5.92. The van der Waals surface area contributed by atoms with Crippen molar-refractivity contribution >= 4 is 11.6 Å². The average molecular weight is 211 g/mol. The molecule has 1 aromatic rings. The van der Waals surface area contributed by atoms with Gasteiger partial charge in [-0.05, 0) is 25.8 Å². The fraction of sp³-hybridized carbons (Fsp3) is 0.636. The highest BCUT2D eigenvalue weighted by Crippen LogP contribution is 2.31. The molecule has 0 spiro atoms. The van der Waals surface area contributed by atoms with Gasteiger partial charge in [-0.3, -0.25) is 0 Å². The van der Waals surface area contributed by atoms with Crippen LogP contribution >= 0.6 is 11.6 Å². The Morgan fingerprint density at radius 2 is 1.93 bits per heavy atom. The Hall–Kier alpha value is -0.630. The summed E-state index contributed by atoms with van der Waals surface area (Å²) in [7, 11) is 0. The van der Waals surface area contributed by atoms with Gasteiger partial charge in [0, 0.05) is 11.6 Å². The Bertz CT molecular complexity index is 299. The third kappa shape index (κ3) is 2.24. The highest BCUT2D eigenvalue weighted by molar-refractivity contribution is 6.29. The number of aryl methyl sites for hydroxylation is 1. The topological polar surface area (TPSA) is 25.8 Å². The normalized spacial score (nSPS) is 18.4. The van der Waals surface area contributed by atoms with E-state index in [2.05, 4.69) is 9.97 Å². The minimum absolute atomic E-state index is 0.543. The van der Waals surface area contributed by atoms with Crippen LogP contribution in [0, 0.1) is 6.92 Å². The minimum atomic E-state index is 0.543. The van der Waals surface area contributed by atoms with E-state index >= 15 is 0 Å². The van der Waals surface area contributed by atoms with Gasteiger partial charge >= 0.3 is 0 Å². The third-order valence-corrected chi connectivity index (χ3v) is 3.00. The second kappa shape index (κ2) is 4.26. The van der Waals surface area contributed by atoms with Crippen LogP contribution in [0.5, 0.6) is 0 Å². The Labute approximate surface area is 89.7 Å². The van der Waals surface area contributed by atoms with Gasteiger partial charge < -0.3 is 0 Å². The predicted molar refractivity (Wildman–Crippen MR) is 57.6 cm³/mol. The number of hydrogen-bond donors (Lipinski definition) is 0. The first-order valence-electron chi connectivity index (χ1n) is 5.27. The zero-order chi connectivity index (χ0) is 9.97. The van der Waals surface area contributed by atoms with E-state index in [0.717, 1.165) is 11.5 Å². The summed E-state index contributed by atoms with van der Waals surface area (Å²) in [6, 6.07) is 1.81. The molecule has 0 atom stereocenters. The van der Waals surface area contributed by atoms with Crippen LogP contribution in [0.3, 0.4) is 0 Å². The highest BCUT2D eigenvalue weighted by Gasteiger charge is 2.18. The number of rotatable bonds is 1. The standard InChI is InChI=1S/C11H15ClN2/c1-8-7-10(12)14-11(13-8)9-5-3-2-4-6-9/h7,9H,2-6H2,1H3. The monoisotopic (exact) mass is 210 g/mol. The molecule has 0 saturated heterocycles. The van der Waals surface area contributed by atoms with E-state index in [4.69, 9.17) is 11.6 Å². The van der Waals surface area contributed by atoms with Gasteiger partial charge in [-0.25, -0.2) is 9.97 Å². The summed E-state index contributed by atoms with van der Waals surface area (Å²) in [6.07, 6.45) is 6.41. The first-order valence-corrected chi connectivity index (χ1v) is 5.64. The molecule has 0 N–H and O–H groups in total. The molecule has 76 valence electrons. The second-order valence-corrected chi connectivity index (χ2v) is 4.41. The molecule has 1 heterocycles. The number of halogens is 1. The predicted octanol–water partition coefficient (Wildman–Crippen LogP) is 3.49. The summed E-state index contributed by atoms with van der Waals surface area (Å²) < 4.78 is 0. The van der Waals surface area contributed by atoms with E-state index in [1.165, 1.54) is 32.1 Å². The van der Waals surface area contributed by atoms with Crippen molar-refractivity contribution in [2.24, 2.45) is 0 Å². The average Bonchev–Trinajstić information content (AvgIpc) is 2.18. The lowest BCUT2D eigenvalue weighted by atomic mass is 9.89. The molecular weight excluding hydrogens is 196 g/mol. The van der Waals surface area contributed by atoms with Crippen molar-refractivity contribution in [3.63, 3.8) is 0 Å². The Morgan fingerprint density at radius 3 is 2.57 bits per heavy atom. The minimum Gasteiger partial charge on any atom is -0.238 e. The Balaban J connectivity index is 2.21. The summed E-state index contributed by atoms with van der Waals surface area (Å²) in [6.45, 7) is 1.97. The summed E-state index contributed by atoms with van der Waals surface area (Å²) in [5.41, 5.74) is 0.977. The Morgan fingerprint density at radius 1 is 1.21 bits per heavy atom. The van der Waals surface area contributed by atoms with Crippen LogP contribution < -0.4 is 0 Å². The molecule has 0 unspecified atom stereocenters. The van der Waals surface area contributed by atoms with E-state index < -0.39 is 0 Å². The Kier molecular flexibility index (Phi) is 3.02. The summed E-state index contributed by atoms with van der Waals surface area (Å²) in [4.78, 5) is 8.77. The molecule has 0 radical (unpaired) electrons. The van der Waals surface area contributed by atoms with Crippen LogP contribution in [0.4, 0.5) is 0 Å². The summed E-state index contributed by atoms with van der Waals surface area (Å²) >= 11 is 5.92. The van der Waals surface area contributed by atoms with Crippen molar-refractivity contribution in [3.05, 3.63) is 22.7 Å². The van der Waals surface area contributed by atoms with Crippen LogP contribution in [0.25, 0.3) is 0 Å². The number of hydrogen-bond acceptors (Lipinski definition) is 2. The van der Waals surface area contributed by atoms with E-state index in [9.17, 15) is 0 Å². The van der Waals surface area contributed by atoms with E-state index in [1.54, 1.807) is 0 Å². The second-order valence-electron chi connectivity index (χ2n) is 4.03. The molecule has 1 saturated carbocycles. The third-order valence-electron chi connectivity index (χ3n) is 2.81. The largest absolute Gasteiger partial charge is 0.238 e. The summed E-state index contributed by atoms with van der Waals surface area (Å²) in [5, 5.41) is 0.582. The van der Waals surface area contributed by atoms with Crippen molar-refractivity contribution in [1.82, 2.24) is 9.97 Å². The van der Waals surface area contributed by atoms with Gasteiger partial charge in [-0.15, -0.1) is 0 Å². The number of nitrogens with zero attached hydrogens (tertiary/aromatic N) is 2. The van der Waals surface area contributed by atoms with Crippen LogP contribution in [-0.4, -0.2) is 9.97 Å². The fourth-order valence-corrected chi connectivity index (χ4v) is 2.34. The van der Waals surface area contributed by atoms with Gasteiger partial charge in [-0.1, -0.05) is 30.9 Å². The van der Waals surface area contributed by atoms with Gasteiger partial charge in [0.15, 0.2) is 0 Å². The van der Waals surface area contributed by atoms with Crippen molar-refractivity contribution < 1.29 is 0 Å². The first-order chi connectivity index (χ1) is 6.75. The zero-order valence-electron chi connectivity index (χ0n) is 8.46. The molecule has 1 aliphatic carbocycles. The van der Waals surface area contributed by atoms with E-state index in [1.807, 2.05) is 13.0 Å². The molecule has 0 amide bonds. The van der Waals surface area contributed by atoms with E-state index in [-0.39, 0.29) is 0 Å². The lowest BCUT2D eigenvalue weighted by Gasteiger charge is -2.20. The molecule has 0 aromatic carbocycles. The molecule has 1 aliphatic rings. The number of aromatic nitrogens is 2. The molecule has 0 bridgehead atoms. The quantitative estimate of drug-likeness (QED) is 0.664. The van der Waals surface area contributed by atoms with Crippen molar-refractivity contribution in [3.8, 4) is 0 Å². The van der Waals surface area contributed by atoms with Gasteiger partial charge in [-0.2, -0.15) is 0 Å². The zero-order valence-corrected chi connectivity index (χ0v) is 9.22. The molecule has 2 nitrogen and oxygen atoms in total. The molecule has 3 heteroatoms. The van der Waals surface area contributed by atoms with Crippen LogP contribution in [0.2, 0.25) is 5.15 Å². The fourth-order valence-electron chi connectivity index (χ4n) is 2.10. The van der Waals surface area contributed by atoms with Gasteiger partial charge in [0.05, 0.1) is 0 Å². The lowest BCUT2D eigenvalue weighted by Crippen LogP contribution is -2.09. The smallest absolute Gasteiger partial charge is 0.133 e. The molecule has 0 aliphatic heterocycles. The maximum Gasteiger partial charge on any atom is 0.133 e. The molecule has 2 rings (SSSR count). The van der Waals surface area contributed by atoms with Crippen molar-refractivity contribution in [2.45, 2.75) is 44.9 Å². The van der Waals surface area contributed by atoms with Crippen molar-refractivity contribution in [1.29, 1.82) is 0 Å². The molecular formula is C11H15ClN2.